The topological polar surface area (TPSA) is 115 Å². The van der Waals surface area contributed by atoms with Gasteiger partial charge in [0.05, 0.1) is 10.6 Å². The number of nitrogens with two attached hydrogens (primary N) is 1. The van der Waals surface area contributed by atoms with Gasteiger partial charge in [0.25, 0.3) is 11.2 Å². The Labute approximate surface area is 114 Å². The zero-order chi connectivity index (χ0) is 14.9. The highest BCUT2D eigenvalue weighted by Crippen LogP contribution is 2.23. The maximum atomic E-state index is 11.7. The smallest absolute Gasteiger partial charge is 0.270 e. The van der Waals surface area contributed by atoms with Crippen molar-refractivity contribution in [2.75, 3.05) is 0 Å². The molecule has 1 aromatic carbocycles. The van der Waals surface area contributed by atoms with Gasteiger partial charge < -0.3 is 5.73 Å². The van der Waals surface area contributed by atoms with Crippen LogP contribution < -0.4 is 11.3 Å². The minimum absolute atomic E-state index is 0.0379. The van der Waals surface area contributed by atoms with E-state index in [1.807, 2.05) is 0 Å². The third-order valence-electron chi connectivity index (χ3n) is 2.85. The van der Waals surface area contributed by atoms with Crippen molar-refractivity contribution >= 4 is 5.69 Å². The molecule has 1 aromatic heterocycles. The fourth-order valence-electron chi connectivity index (χ4n) is 1.81. The first kappa shape index (κ1) is 13.9. The molecule has 1 heterocycles. The predicted octanol–water partition coefficient (Wildman–Crippen LogP) is 1.54. The molecule has 2 rings (SSSR count). The molecule has 0 saturated heterocycles. The summed E-state index contributed by atoms with van der Waals surface area (Å²) in [5, 5.41) is 17.0. The molecule has 2 aromatic rings. The van der Waals surface area contributed by atoms with E-state index in [1.54, 1.807) is 32.0 Å². The molecule has 0 aliphatic heterocycles. The monoisotopic (exact) mass is 274 g/mol. The average Bonchev–Trinajstić information content (AvgIpc) is 2.38. The molecule has 0 unspecified atom stereocenters. The SMILES string of the molecule is CC(C)(N)c1cc(-c2cccc([N+](=O)[O-])c2)n[nH]c1=O. The number of H-pyrrole nitrogens is 1. The van der Waals surface area contributed by atoms with E-state index < -0.39 is 10.5 Å². The summed E-state index contributed by atoms with van der Waals surface area (Å²) in [6.45, 7) is 3.41. The number of hydrogen-bond donors (Lipinski definition) is 2. The van der Waals surface area contributed by atoms with E-state index in [0.717, 1.165) is 0 Å². The second-order valence-corrected chi connectivity index (χ2v) is 5.03. The lowest BCUT2D eigenvalue weighted by Crippen LogP contribution is -2.35. The summed E-state index contributed by atoms with van der Waals surface area (Å²) in [5.41, 5.74) is 6.04. The van der Waals surface area contributed by atoms with Gasteiger partial charge in [-0.05, 0) is 19.9 Å². The van der Waals surface area contributed by atoms with Crippen LogP contribution in [0.2, 0.25) is 0 Å². The highest BCUT2D eigenvalue weighted by atomic mass is 16.6. The normalized spacial score (nSPS) is 11.3. The van der Waals surface area contributed by atoms with Crippen molar-refractivity contribution in [3.8, 4) is 11.3 Å². The van der Waals surface area contributed by atoms with E-state index in [2.05, 4.69) is 10.2 Å². The number of nitro benzene ring substituents is 1. The fraction of sp³-hybridized carbons (Fsp3) is 0.231. The van der Waals surface area contributed by atoms with Crippen LogP contribution in [0.5, 0.6) is 0 Å². The van der Waals surface area contributed by atoms with E-state index in [-0.39, 0.29) is 11.2 Å². The van der Waals surface area contributed by atoms with Crippen LogP contribution in [0, 0.1) is 10.1 Å². The molecule has 7 heteroatoms. The molecule has 0 radical (unpaired) electrons. The van der Waals surface area contributed by atoms with Crippen LogP contribution in [0.25, 0.3) is 11.3 Å². The van der Waals surface area contributed by atoms with Gasteiger partial charge in [-0.2, -0.15) is 5.10 Å². The number of nitrogens with one attached hydrogen (secondary N) is 1. The Morgan fingerprint density at radius 1 is 1.35 bits per heavy atom. The minimum Gasteiger partial charge on any atom is -0.322 e. The predicted molar refractivity (Wildman–Crippen MR) is 74.2 cm³/mol. The number of hydrogen-bond acceptors (Lipinski definition) is 5. The van der Waals surface area contributed by atoms with Crippen molar-refractivity contribution in [3.05, 3.63) is 56.4 Å². The molecule has 20 heavy (non-hydrogen) atoms. The van der Waals surface area contributed by atoms with Crippen LogP contribution in [-0.4, -0.2) is 15.1 Å². The number of nitro groups is 1. The van der Waals surface area contributed by atoms with Crippen molar-refractivity contribution in [1.82, 2.24) is 10.2 Å². The summed E-state index contributed by atoms with van der Waals surface area (Å²) in [6.07, 6.45) is 0. The standard InChI is InChI=1S/C13H14N4O3/c1-13(2,14)10-7-11(15-16-12(10)18)8-4-3-5-9(6-8)17(19)20/h3-7H,14H2,1-2H3,(H,16,18). The van der Waals surface area contributed by atoms with E-state index in [9.17, 15) is 14.9 Å². The highest BCUT2D eigenvalue weighted by Gasteiger charge is 2.20. The Balaban J connectivity index is 2.57. The lowest BCUT2D eigenvalue weighted by atomic mass is 9.96. The zero-order valence-corrected chi connectivity index (χ0v) is 11.1. The van der Waals surface area contributed by atoms with Crippen molar-refractivity contribution in [2.24, 2.45) is 5.73 Å². The van der Waals surface area contributed by atoms with Crippen molar-refractivity contribution in [1.29, 1.82) is 0 Å². The Kier molecular flexibility index (Phi) is 3.37. The maximum Gasteiger partial charge on any atom is 0.270 e. The van der Waals surface area contributed by atoms with Crippen LogP contribution in [0.3, 0.4) is 0 Å². The number of nitrogens with zero attached hydrogens (tertiary/aromatic N) is 2. The van der Waals surface area contributed by atoms with E-state index in [4.69, 9.17) is 5.73 Å². The van der Waals surface area contributed by atoms with E-state index >= 15 is 0 Å². The minimum atomic E-state index is -0.827. The summed E-state index contributed by atoms with van der Waals surface area (Å²) >= 11 is 0. The average molecular weight is 274 g/mol. The zero-order valence-electron chi connectivity index (χ0n) is 11.1. The Bertz CT molecular complexity index is 716. The van der Waals surface area contributed by atoms with Crippen LogP contribution in [0.1, 0.15) is 19.4 Å². The molecule has 104 valence electrons. The van der Waals surface area contributed by atoms with Gasteiger partial charge in [-0.15, -0.1) is 0 Å². The Morgan fingerprint density at radius 3 is 2.65 bits per heavy atom. The van der Waals surface area contributed by atoms with Gasteiger partial charge in [0.2, 0.25) is 0 Å². The van der Waals surface area contributed by atoms with Crippen molar-refractivity contribution in [3.63, 3.8) is 0 Å². The third kappa shape index (κ3) is 2.72. The first-order chi connectivity index (χ1) is 9.29. The molecule has 0 aliphatic rings. The quantitative estimate of drug-likeness (QED) is 0.650. The molecule has 0 atom stereocenters. The molecule has 0 fully saturated rings. The maximum absolute atomic E-state index is 11.7. The summed E-state index contributed by atoms with van der Waals surface area (Å²) in [6, 6.07) is 7.59. The fourth-order valence-corrected chi connectivity index (χ4v) is 1.81. The van der Waals surface area contributed by atoms with Crippen molar-refractivity contribution < 1.29 is 4.92 Å². The molecule has 3 N–H and O–H groups in total. The summed E-state index contributed by atoms with van der Waals surface area (Å²) in [5.74, 6) is 0. The van der Waals surface area contributed by atoms with Gasteiger partial charge in [-0.3, -0.25) is 14.9 Å². The molecule has 7 nitrogen and oxygen atoms in total. The van der Waals surface area contributed by atoms with Crippen LogP contribution >= 0.6 is 0 Å². The second-order valence-electron chi connectivity index (χ2n) is 5.03. The van der Waals surface area contributed by atoms with Gasteiger partial charge in [-0.25, -0.2) is 5.10 Å². The lowest BCUT2D eigenvalue weighted by molar-refractivity contribution is -0.384. The molecular weight excluding hydrogens is 260 g/mol. The third-order valence-corrected chi connectivity index (χ3v) is 2.85. The second kappa shape index (κ2) is 4.86. The molecule has 0 amide bonds. The van der Waals surface area contributed by atoms with Gasteiger partial charge in [0, 0.05) is 28.8 Å². The molecular formula is C13H14N4O3. The first-order valence-electron chi connectivity index (χ1n) is 5.93. The van der Waals surface area contributed by atoms with E-state index in [1.165, 1.54) is 12.1 Å². The first-order valence-corrected chi connectivity index (χ1v) is 5.93. The van der Waals surface area contributed by atoms with Gasteiger partial charge in [-0.1, -0.05) is 12.1 Å². The lowest BCUT2D eigenvalue weighted by Gasteiger charge is -2.18. The number of non-ortho nitro benzene ring substituents is 1. The molecule has 0 aliphatic carbocycles. The largest absolute Gasteiger partial charge is 0.322 e. The number of aromatic nitrogens is 2. The Hall–Kier alpha value is -2.54. The summed E-state index contributed by atoms with van der Waals surface area (Å²) < 4.78 is 0. The molecule has 0 saturated carbocycles. The molecule has 0 bridgehead atoms. The number of rotatable bonds is 3. The van der Waals surface area contributed by atoms with Crippen LogP contribution in [-0.2, 0) is 5.54 Å². The van der Waals surface area contributed by atoms with Gasteiger partial charge in [0.15, 0.2) is 0 Å². The van der Waals surface area contributed by atoms with E-state index in [0.29, 0.717) is 16.8 Å². The van der Waals surface area contributed by atoms with Gasteiger partial charge in [0.1, 0.15) is 0 Å². The highest BCUT2D eigenvalue weighted by molar-refractivity contribution is 5.62. The van der Waals surface area contributed by atoms with Crippen LogP contribution in [0.15, 0.2) is 35.1 Å². The molecule has 0 spiro atoms. The Morgan fingerprint density at radius 2 is 2.05 bits per heavy atom. The summed E-state index contributed by atoms with van der Waals surface area (Å²) in [4.78, 5) is 22.0. The number of benzene rings is 1. The van der Waals surface area contributed by atoms with Crippen molar-refractivity contribution in [2.45, 2.75) is 19.4 Å². The van der Waals surface area contributed by atoms with Crippen LogP contribution in [0.4, 0.5) is 5.69 Å². The van der Waals surface area contributed by atoms with Gasteiger partial charge >= 0.3 is 0 Å². The summed E-state index contributed by atoms with van der Waals surface area (Å²) in [7, 11) is 0. The number of aromatic amines is 1.